The number of carbonyl (C=O) groups is 1. The fraction of sp³-hybridized carbons (Fsp3) is 0.562. The SMILES string of the molecule is COc1ccc(S[C@@H](C)C(=O)N(C)C2CCCC2)cc1. The molecule has 1 aliphatic carbocycles. The van der Waals surface area contributed by atoms with Crippen LogP contribution in [0.5, 0.6) is 5.75 Å². The molecular weight excluding hydrogens is 270 g/mol. The summed E-state index contributed by atoms with van der Waals surface area (Å²) in [5.74, 6) is 1.08. The van der Waals surface area contributed by atoms with Gasteiger partial charge in [-0.1, -0.05) is 12.8 Å². The third kappa shape index (κ3) is 3.69. The molecule has 20 heavy (non-hydrogen) atoms. The lowest BCUT2D eigenvalue weighted by Crippen LogP contribution is -2.39. The van der Waals surface area contributed by atoms with E-state index in [2.05, 4.69) is 0 Å². The molecule has 2 rings (SSSR count). The van der Waals surface area contributed by atoms with E-state index < -0.39 is 0 Å². The number of rotatable bonds is 5. The van der Waals surface area contributed by atoms with Gasteiger partial charge >= 0.3 is 0 Å². The van der Waals surface area contributed by atoms with Gasteiger partial charge in [-0.05, 0) is 44.0 Å². The minimum absolute atomic E-state index is 0.0472. The molecule has 0 spiro atoms. The Bertz CT molecular complexity index is 440. The number of hydrogen-bond acceptors (Lipinski definition) is 3. The molecule has 0 saturated heterocycles. The first-order valence-corrected chi connectivity index (χ1v) is 8.07. The number of methoxy groups -OCH3 is 1. The molecule has 1 fully saturated rings. The number of nitrogens with zero attached hydrogens (tertiary/aromatic N) is 1. The summed E-state index contributed by atoms with van der Waals surface area (Å²) in [5, 5.41) is -0.0472. The van der Waals surface area contributed by atoms with Crippen LogP contribution >= 0.6 is 11.8 Å². The molecule has 1 atom stereocenters. The van der Waals surface area contributed by atoms with Crippen molar-refractivity contribution < 1.29 is 9.53 Å². The summed E-state index contributed by atoms with van der Waals surface area (Å²) in [5.41, 5.74) is 0. The first-order valence-electron chi connectivity index (χ1n) is 7.19. The number of hydrogen-bond donors (Lipinski definition) is 0. The standard InChI is InChI=1S/C16H23NO2S/c1-12(16(18)17(2)13-6-4-5-7-13)20-15-10-8-14(19-3)9-11-15/h8-13H,4-7H2,1-3H3/t12-/m0/s1. The maximum atomic E-state index is 12.4. The van der Waals surface area contributed by atoms with E-state index in [1.807, 2.05) is 43.1 Å². The zero-order valence-corrected chi connectivity index (χ0v) is 13.3. The van der Waals surface area contributed by atoms with Crippen molar-refractivity contribution in [2.24, 2.45) is 0 Å². The van der Waals surface area contributed by atoms with Gasteiger partial charge in [0.1, 0.15) is 5.75 Å². The topological polar surface area (TPSA) is 29.5 Å². The Labute approximate surface area is 125 Å². The predicted molar refractivity (Wildman–Crippen MR) is 83.3 cm³/mol. The Morgan fingerprint density at radius 2 is 1.90 bits per heavy atom. The zero-order valence-electron chi connectivity index (χ0n) is 12.5. The van der Waals surface area contributed by atoms with E-state index in [1.165, 1.54) is 12.8 Å². The van der Waals surface area contributed by atoms with E-state index in [4.69, 9.17) is 4.74 Å². The van der Waals surface area contributed by atoms with Crippen molar-refractivity contribution >= 4 is 17.7 Å². The van der Waals surface area contributed by atoms with Gasteiger partial charge in [-0.25, -0.2) is 0 Å². The summed E-state index contributed by atoms with van der Waals surface area (Å²) in [7, 11) is 3.61. The first kappa shape index (κ1) is 15.2. The van der Waals surface area contributed by atoms with Crippen molar-refractivity contribution in [3.05, 3.63) is 24.3 Å². The van der Waals surface area contributed by atoms with Gasteiger partial charge < -0.3 is 9.64 Å². The molecule has 0 aliphatic heterocycles. The second-order valence-electron chi connectivity index (χ2n) is 5.32. The lowest BCUT2D eigenvalue weighted by Gasteiger charge is -2.27. The summed E-state index contributed by atoms with van der Waals surface area (Å²) in [6, 6.07) is 8.31. The highest BCUT2D eigenvalue weighted by Gasteiger charge is 2.26. The molecule has 0 heterocycles. The molecule has 0 radical (unpaired) electrons. The van der Waals surface area contributed by atoms with Gasteiger partial charge in [0.15, 0.2) is 0 Å². The summed E-state index contributed by atoms with van der Waals surface area (Å²) < 4.78 is 5.14. The fourth-order valence-electron chi connectivity index (χ4n) is 2.67. The molecule has 1 aromatic rings. The van der Waals surface area contributed by atoms with Crippen LogP contribution in [0, 0.1) is 0 Å². The average molecular weight is 293 g/mol. The monoisotopic (exact) mass is 293 g/mol. The van der Waals surface area contributed by atoms with Crippen LogP contribution in [0.4, 0.5) is 0 Å². The summed E-state index contributed by atoms with van der Waals surface area (Å²) >= 11 is 1.61. The molecule has 4 heteroatoms. The summed E-state index contributed by atoms with van der Waals surface area (Å²) in [6.45, 7) is 1.99. The number of ether oxygens (including phenoxy) is 1. The number of thioether (sulfide) groups is 1. The largest absolute Gasteiger partial charge is 0.497 e. The Balaban J connectivity index is 1.92. The van der Waals surface area contributed by atoms with Crippen molar-refractivity contribution in [2.75, 3.05) is 14.2 Å². The number of amides is 1. The lowest BCUT2D eigenvalue weighted by atomic mass is 10.2. The van der Waals surface area contributed by atoms with Crippen LogP contribution in [0.3, 0.4) is 0 Å². The van der Waals surface area contributed by atoms with Crippen LogP contribution in [0.1, 0.15) is 32.6 Å². The molecule has 0 aromatic heterocycles. The number of benzene rings is 1. The van der Waals surface area contributed by atoms with Gasteiger partial charge in [0, 0.05) is 18.0 Å². The van der Waals surface area contributed by atoms with Crippen LogP contribution in [0.2, 0.25) is 0 Å². The van der Waals surface area contributed by atoms with E-state index in [-0.39, 0.29) is 11.2 Å². The smallest absolute Gasteiger partial charge is 0.235 e. The van der Waals surface area contributed by atoms with Gasteiger partial charge in [-0.3, -0.25) is 4.79 Å². The molecule has 110 valence electrons. The molecule has 1 aromatic carbocycles. The molecule has 1 amide bonds. The van der Waals surface area contributed by atoms with Crippen LogP contribution in [-0.2, 0) is 4.79 Å². The Hall–Kier alpha value is -1.16. The van der Waals surface area contributed by atoms with Crippen molar-refractivity contribution in [3.63, 3.8) is 0 Å². The van der Waals surface area contributed by atoms with Crippen LogP contribution in [0.25, 0.3) is 0 Å². The second kappa shape index (κ2) is 7.02. The Morgan fingerprint density at radius 1 is 1.30 bits per heavy atom. The fourth-order valence-corrected chi connectivity index (χ4v) is 3.64. The average Bonchev–Trinajstić information content (AvgIpc) is 3.00. The summed E-state index contributed by atoms with van der Waals surface area (Å²) in [4.78, 5) is 15.5. The molecule has 0 bridgehead atoms. The third-order valence-corrected chi connectivity index (χ3v) is 5.04. The molecule has 3 nitrogen and oxygen atoms in total. The van der Waals surface area contributed by atoms with Gasteiger partial charge in [0.2, 0.25) is 5.91 Å². The zero-order chi connectivity index (χ0) is 14.5. The van der Waals surface area contributed by atoms with Crippen molar-refractivity contribution in [1.82, 2.24) is 4.90 Å². The second-order valence-corrected chi connectivity index (χ2v) is 6.74. The van der Waals surface area contributed by atoms with E-state index in [0.29, 0.717) is 6.04 Å². The highest BCUT2D eigenvalue weighted by atomic mass is 32.2. The van der Waals surface area contributed by atoms with E-state index in [0.717, 1.165) is 23.5 Å². The minimum Gasteiger partial charge on any atom is -0.497 e. The molecule has 0 unspecified atom stereocenters. The minimum atomic E-state index is -0.0472. The van der Waals surface area contributed by atoms with E-state index in [9.17, 15) is 4.79 Å². The molecule has 0 N–H and O–H groups in total. The van der Waals surface area contributed by atoms with Gasteiger partial charge in [-0.15, -0.1) is 11.8 Å². The van der Waals surface area contributed by atoms with Crippen LogP contribution in [-0.4, -0.2) is 36.3 Å². The number of carbonyl (C=O) groups excluding carboxylic acids is 1. The van der Waals surface area contributed by atoms with Crippen molar-refractivity contribution in [3.8, 4) is 5.75 Å². The van der Waals surface area contributed by atoms with E-state index >= 15 is 0 Å². The van der Waals surface area contributed by atoms with Crippen LogP contribution < -0.4 is 4.74 Å². The van der Waals surface area contributed by atoms with Gasteiger partial charge in [0.05, 0.1) is 12.4 Å². The Kier molecular flexibility index (Phi) is 5.35. The highest BCUT2D eigenvalue weighted by molar-refractivity contribution is 8.00. The molecule has 1 saturated carbocycles. The van der Waals surface area contributed by atoms with Gasteiger partial charge in [0.25, 0.3) is 0 Å². The maximum absolute atomic E-state index is 12.4. The summed E-state index contributed by atoms with van der Waals surface area (Å²) in [6.07, 6.45) is 4.81. The lowest BCUT2D eigenvalue weighted by molar-refractivity contribution is -0.130. The predicted octanol–water partition coefficient (Wildman–Crippen LogP) is 3.58. The Morgan fingerprint density at radius 3 is 2.45 bits per heavy atom. The normalized spacial score (nSPS) is 16.9. The maximum Gasteiger partial charge on any atom is 0.235 e. The molecule has 1 aliphatic rings. The third-order valence-electron chi connectivity index (χ3n) is 3.94. The first-order chi connectivity index (χ1) is 9.61. The van der Waals surface area contributed by atoms with Crippen molar-refractivity contribution in [2.45, 2.75) is 48.8 Å². The highest BCUT2D eigenvalue weighted by Crippen LogP contribution is 2.28. The van der Waals surface area contributed by atoms with Crippen LogP contribution in [0.15, 0.2) is 29.2 Å². The molecular formula is C16H23NO2S. The van der Waals surface area contributed by atoms with E-state index in [1.54, 1.807) is 18.9 Å². The van der Waals surface area contributed by atoms with Gasteiger partial charge in [-0.2, -0.15) is 0 Å². The van der Waals surface area contributed by atoms with Crippen molar-refractivity contribution in [1.29, 1.82) is 0 Å². The quantitative estimate of drug-likeness (QED) is 0.777.